The van der Waals surface area contributed by atoms with Crippen LogP contribution in [-0.4, -0.2) is 43.5 Å². The number of aromatic nitrogens is 4. The van der Waals surface area contributed by atoms with E-state index in [-0.39, 0.29) is 11.8 Å². The van der Waals surface area contributed by atoms with Crippen LogP contribution in [0, 0.1) is 0 Å². The Labute approximate surface area is 160 Å². The van der Waals surface area contributed by atoms with E-state index in [0.717, 1.165) is 12.0 Å². The molecular formula is C19H16ClN5O2. The number of carbonyl (C=O) groups excluding carboxylic acids is 2. The van der Waals surface area contributed by atoms with Gasteiger partial charge in [-0.05, 0) is 54.5 Å². The molecule has 8 heteroatoms. The molecule has 1 aromatic heterocycles. The van der Waals surface area contributed by atoms with Crippen LogP contribution in [0.5, 0.6) is 0 Å². The van der Waals surface area contributed by atoms with E-state index in [1.165, 1.54) is 9.70 Å². The molecule has 3 aromatic rings. The molecule has 2 amide bonds. The van der Waals surface area contributed by atoms with Gasteiger partial charge < -0.3 is 0 Å². The predicted octanol–water partition coefficient (Wildman–Crippen LogP) is 3.07. The summed E-state index contributed by atoms with van der Waals surface area (Å²) in [6.45, 7) is 0.939. The Balaban J connectivity index is 1.31. The molecule has 0 aliphatic carbocycles. The van der Waals surface area contributed by atoms with Gasteiger partial charge in [-0.3, -0.25) is 14.5 Å². The smallest absolute Gasteiger partial charge is 0.261 e. The summed E-state index contributed by atoms with van der Waals surface area (Å²) in [5.41, 5.74) is 1.80. The van der Waals surface area contributed by atoms with Crippen LogP contribution in [0.2, 0.25) is 5.02 Å². The quantitative estimate of drug-likeness (QED) is 0.484. The molecule has 0 spiro atoms. The van der Waals surface area contributed by atoms with Gasteiger partial charge in [-0.2, -0.15) is 4.80 Å². The number of hydrogen-bond acceptors (Lipinski definition) is 5. The van der Waals surface area contributed by atoms with Gasteiger partial charge in [-0.15, -0.1) is 10.2 Å². The van der Waals surface area contributed by atoms with Crippen molar-refractivity contribution in [2.45, 2.75) is 19.4 Å². The average Bonchev–Trinajstić information content (AvgIpc) is 3.25. The first-order valence-electron chi connectivity index (χ1n) is 8.62. The summed E-state index contributed by atoms with van der Waals surface area (Å²) in [5, 5.41) is 13.1. The first-order chi connectivity index (χ1) is 13.1. The molecule has 0 unspecified atom stereocenters. The second-order valence-electron chi connectivity index (χ2n) is 6.23. The Morgan fingerprint density at radius 3 is 2.15 bits per heavy atom. The molecule has 7 nitrogen and oxygen atoms in total. The van der Waals surface area contributed by atoms with Gasteiger partial charge >= 0.3 is 0 Å². The summed E-state index contributed by atoms with van der Waals surface area (Å²) in [5.74, 6) is 0.0889. The molecule has 27 heavy (non-hydrogen) atoms. The number of benzene rings is 2. The summed E-state index contributed by atoms with van der Waals surface area (Å²) in [4.78, 5) is 27.4. The van der Waals surface area contributed by atoms with E-state index in [0.29, 0.717) is 41.5 Å². The molecule has 0 fully saturated rings. The van der Waals surface area contributed by atoms with Gasteiger partial charge in [0.15, 0.2) is 0 Å². The van der Waals surface area contributed by atoms with Crippen molar-refractivity contribution in [1.29, 1.82) is 0 Å². The van der Waals surface area contributed by atoms with E-state index >= 15 is 0 Å². The Morgan fingerprint density at radius 1 is 0.852 bits per heavy atom. The number of amides is 2. The van der Waals surface area contributed by atoms with Crippen molar-refractivity contribution >= 4 is 23.4 Å². The van der Waals surface area contributed by atoms with Crippen molar-refractivity contribution in [3.05, 3.63) is 64.7 Å². The fourth-order valence-electron chi connectivity index (χ4n) is 3.02. The van der Waals surface area contributed by atoms with E-state index in [1.807, 2.05) is 12.1 Å². The van der Waals surface area contributed by atoms with Crippen molar-refractivity contribution in [1.82, 2.24) is 25.1 Å². The Hall–Kier alpha value is -3.06. The number of halogens is 1. The SMILES string of the molecule is O=C1c2ccccc2C(=O)N1CCCCn1nnc(-c2ccc(Cl)cc2)n1. The van der Waals surface area contributed by atoms with Gasteiger partial charge in [0, 0.05) is 17.1 Å². The standard InChI is InChI=1S/C19H16ClN5O2/c20-14-9-7-13(8-10-14)17-21-23-25(22-17)12-4-3-11-24-18(26)15-5-1-2-6-16(15)19(24)27/h1-2,5-10H,3-4,11-12H2. The van der Waals surface area contributed by atoms with Gasteiger partial charge in [-0.1, -0.05) is 23.7 Å². The minimum absolute atomic E-state index is 0.223. The highest BCUT2D eigenvalue weighted by Crippen LogP contribution is 2.22. The topological polar surface area (TPSA) is 81.0 Å². The van der Waals surface area contributed by atoms with Crippen molar-refractivity contribution in [2.24, 2.45) is 0 Å². The monoisotopic (exact) mass is 381 g/mol. The molecular weight excluding hydrogens is 366 g/mol. The minimum atomic E-state index is -0.223. The number of imide groups is 1. The molecule has 4 rings (SSSR count). The molecule has 1 aliphatic heterocycles. The van der Waals surface area contributed by atoms with Crippen LogP contribution in [0.25, 0.3) is 11.4 Å². The largest absolute Gasteiger partial charge is 0.274 e. The van der Waals surface area contributed by atoms with Crippen LogP contribution in [0.3, 0.4) is 0 Å². The molecule has 2 aromatic carbocycles. The lowest BCUT2D eigenvalue weighted by Crippen LogP contribution is -2.30. The molecule has 0 radical (unpaired) electrons. The molecule has 0 saturated carbocycles. The molecule has 0 atom stereocenters. The number of hydrogen-bond donors (Lipinski definition) is 0. The Kier molecular flexibility index (Phi) is 4.68. The number of rotatable bonds is 6. The lowest BCUT2D eigenvalue weighted by Gasteiger charge is -2.13. The maximum absolute atomic E-state index is 12.3. The van der Waals surface area contributed by atoms with Crippen molar-refractivity contribution in [3.63, 3.8) is 0 Å². The van der Waals surface area contributed by atoms with E-state index in [4.69, 9.17) is 11.6 Å². The first-order valence-corrected chi connectivity index (χ1v) is 9.00. The number of aryl methyl sites for hydroxylation is 1. The van der Waals surface area contributed by atoms with E-state index in [9.17, 15) is 9.59 Å². The molecule has 1 aliphatic rings. The third-order valence-corrected chi connectivity index (χ3v) is 4.68. The average molecular weight is 382 g/mol. The zero-order valence-electron chi connectivity index (χ0n) is 14.4. The van der Waals surface area contributed by atoms with Crippen LogP contribution in [0.1, 0.15) is 33.6 Å². The van der Waals surface area contributed by atoms with Crippen LogP contribution in [-0.2, 0) is 6.54 Å². The number of tetrazole rings is 1. The summed E-state index contributed by atoms with van der Waals surface area (Å²) >= 11 is 5.88. The summed E-state index contributed by atoms with van der Waals surface area (Å²) < 4.78 is 0. The lowest BCUT2D eigenvalue weighted by molar-refractivity contribution is 0.0651. The minimum Gasteiger partial charge on any atom is -0.274 e. The van der Waals surface area contributed by atoms with Gasteiger partial charge in [-0.25, -0.2) is 0 Å². The molecule has 0 saturated heterocycles. The van der Waals surface area contributed by atoms with Crippen molar-refractivity contribution < 1.29 is 9.59 Å². The second-order valence-corrected chi connectivity index (χ2v) is 6.67. The van der Waals surface area contributed by atoms with Gasteiger partial charge in [0.05, 0.1) is 17.7 Å². The van der Waals surface area contributed by atoms with Crippen molar-refractivity contribution in [2.75, 3.05) is 6.54 Å². The van der Waals surface area contributed by atoms with Gasteiger partial charge in [0.2, 0.25) is 5.82 Å². The fourth-order valence-corrected chi connectivity index (χ4v) is 3.14. The van der Waals surface area contributed by atoms with Gasteiger partial charge in [0.25, 0.3) is 11.8 Å². The first kappa shape index (κ1) is 17.4. The third kappa shape index (κ3) is 3.46. The lowest BCUT2D eigenvalue weighted by atomic mass is 10.1. The number of carbonyl (C=O) groups is 2. The van der Waals surface area contributed by atoms with Gasteiger partial charge in [0.1, 0.15) is 0 Å². The highest BCUT2D eigenvalue weighted by Gasteiger charge is 2.34. The Morgan fingerprint density at radius 2 is 1.48 bits per heavy atom. The maximum atomic E-state index is 12.3. The molecule has 0 N–H and O–H groups in total. The Bertz CT molecular complexity index is 964. The van der Waals surface area contributed by atoms with Crippen molar-refractivity contribution in [3.8, 4) is 11.4 Å². The highest BCUT2D eigenvalue weighted by molar-refractivity contribution is 6.30. The summed E-state index contributed by atoms with van der Waals surface area (Å²) in [6, 6.07) is 14.1. The number of fused-ring (bicyclic) bond motifs is 1. The molecule has 2 heterocycles. The second kappa shape index (κ2) is 7.28. The molecule has 136 valence electrons. The normalized spacial score (nSPS) is 13.3. The van der Waals surface area contributed by atoms with Crippen LogP contribution >= 0.6 is 11.6 Å². The predicted molar refractivity (Wildman–Crippen MR) is 99.3 cm³/mol. The highest BCUT2D eigenvalue weighted by atomic mass is 35.5. The van der Waals surface area contributed by atoms with E-state index in [2.05, 4.69) is 15.4 Å². The summed E-state index contributed by atoms with van der Waals surface area (Å²) in [6.07, 6.45) is 1.40. The van der Waals surface area contributed by atoms with E-state index in [1.54, 1.807) is 36.4 Å². The molecule has 0 bridgehead atoms. The maximum Gasteiger partial charge on any atom is 0.261 e. The third-order valence-electron chi connectivity index (χ3n) is 4.42. The van der Waals surface area contributed by atoms with Crippen LogP contribution in [0.15, 0.2) is 48.5 Å². The fraction of sp³-hybridized carbons (Fsp3) is 0.211. The zero-order chi connectivity index (χ0) is 18.8. The zero-order valence-corrected chi connectivity index (χ0v) is 15.1. The van der Waals surface area contributed by atoms with E-state index < -0.39 is 0 Å². The number of unbranched alkanes of at least 4 members (excludes halogenated alkanes) is 1. The van der Waals surface area contributed by atoms with Crippen LogP contribution in [0.4, 0.5) is 0 Å². The number of nitrogens with zero attached hydrogens (tertiary/aromatic N) is 5. The summed E-state index contributed by atoms with van der Waals surface area (Å²) in [7, 11) is 0. The van der Waals surface area contributed by atoms with Crippen LogP contribution < -0.4 is 0 Å².